The van der Waals surface area contributed by atoms with E-state index in [4.69, 9.17) is 9.15 Å². The minimum absolute atomic E-state index is 0.156. The van der Waals surface area contributed by atoms with Gasteiger partial charge in [0.25, 0.3) is 0 Å². The SMILES string of the molecule is C[C@H](N[C@@H]1COc2ccccc2C1)c1occc1Br. The van der Waals surface area contributed by atoms with Crippen LogP contribution in [0, 0.1) is 0 Å². The highest BCUT2D eigenvalue weighted by Gasteiger charge is 2.23. The summed E-state index contributed by atoms with van der Waals surface area (Å²) in [4.78, 5) is 0. The van der Waals surface area contributed by atoms with Crippen LogP contribution in [0.3, 0.4) is 0 Å². The minimum atomic E-state index is 0.156. The zero-order valence-corrected chi connectivity index (χ0v) is 12.3. The topological polar surface area (TPSA) is 34.4 Å². The number of hydrogen-bond donors (Lipinski definition) is 1. The van der Waals surface area contributed by atoms with Crippen LogP contribution in [0.4, 0.5) is 0 Å². The second kappa shape index (κ2) is 5.39. The monoisotopic (exact) mass is 321 g/mol. The highest BCUT2D eigenvalue weighted by atomic mass is 79.9. The van der Waals surface area contributed by atoms with Crippen LogP contribution in [0.5, 0.6) is 5.75 Å². The Bertz CT molecular complexity index is 567. The van der Waals surface area contributed by atoms with E-state index in [1.54, 1.807) is 6.26 Å². The molecule has 100 valence electrons. The van der Waals surface area contributed by atoms with Crippen molar-refractivity contribution in [3.63, 3.8) is 0 Å². The van der Waals surface area contributed by atoms with E-state index in [0.717, 1.165) is 22.4 Å². The maximum Gasteiger partial charge on any atom is 0.134 e. The Labute approximate surface area is 121 Å². The van der Waals surface area contributed by atoms with E-state index in [1.807, 2.05) is 18.2 Å². The van der Waals surface area contributed by atoms with Crippen LogP contribution in [-0.2, 0) is 6.42 Å². The smallest absolute Gasteiger partial charge is 0.134 e. The van der Waals surface area contributed by atoms with Crippen molar-refractivity contribution in [3.8, 4) is 5.75 Å². The standard InChI is InChI=1S/C15H16BrNO2/c1-10(15-13(16)6-7-18-15)17-12-8-11-4-2-3-5-14(11)19-9-12/h2-7,10,12,17H,8-9H2,1H3/t10-,12-/m0/s1. The highest BCUT2D eigenvalue weighted by Crippen LogP contribution is 2.27. The number of halogens is 1. The van der Waals surface area contributed by atoms with Gasteiger partial charge in [0.15, 0.2) is 0 Å². The van der Waals surface area contributed by atoms with E-state index in [-0.39, 0.29) is 6.04 Å². The van der Waals surface area contributed by atoms with Crippen LogP contribution >= 0.6 is 15.9 Å². The van der Waals surface area contributed by atoms with Crippen molar-refractivity contribution >= 4 is 15.9 Å². The number of rotatable bonds is 3. The average Bonchev–Trinajstić information content (AvgIpc) is 2.85. The summed E-state index contributed by atoms with van der Waals surface area (Å²) in [7, 11) is 0. The lowest BCUT2D eigenvalue weighted by Crippen LogP contribution is -2.40. The lowest BCUT2D eigenvalue weighted by atomic mass is 10.0. The molecule has 3 rings (SSSR count). The van der Waals surface area contributed by atoms with Gasteiger partial charge in [-0.3, -0.25) is 0 Å². The molecule has 0 radical (unpaired) electrons. The molecular weight excluding hydrogens is 306 g/mol. The fraction of sp³-hybridized carbons (Fsp3) is 0.333. The van der Waals surface area contributed by atoms with Crippen LogP contribution in [0.2, 0.25) is 0 Å². The molecular formula is C15H16BrNO2. The highest BCUT2D eigenvalue weighted by molar-refractivity contribution is 9.10. The van der Waals surface area contributed by atoms with E-state index in [1.165, 1.54) is 5.56 Å². The molecule has 0 saturated carbocycles. The molecule has 0 amide bonds. The Morgan fingerprint density at radius 2 is 2.16 bits per heavy atom. The molecule has 1 aromatic heterocycles. The van der Waals surface area contributed by atoms with Gasteiger partial charge in [0.1, 0.15) is 18.1 Å². The molecule has 0 fully saturated rings. The molecule has 1 aliphatic heterocycles. The Morgan fingerprint density at radius 3 is 2.95 bits per heavy atom. The van der Waals surface area contributed by atoms with Gasteiger partial charge in [-0.2, -0.15) is 0 Å². The van der Waals surface area contributed by atoms with E-state index < -0.39 is 0 Å². The minimum Gasteiger partial charge on any atom is -0.492 e. The molecule has 2 heterocycles. The normalized spacial score (nSPS) is 19.6. The van der Waals surface area contributed by atoms with Gasteiger partial charge in [0.05, 0.1) is 16.8 Å². The van der Waals surface area contributed by atoms with Gasteiger partial charge in [0.2, 0.25) is 0 Å². The molecule has 0 unspecified atom stereocenters. The van der Waals surface area contributed by atoms with E-state index in [9.17, 15) is 0 Å². The Kier molecular flexibility index (Phi) is 3.62. The van der Waals surface area contributed by atoms with Crippen LogP contribution in [0.25, 0.3) is 0 Å². The van der Waals surface area contributed by atoms with Crippen molar-refractivity contribution in [2.24, 2.45) is 0 Å². The molecule has 19 heavy (non-hydrogen) atoms. The molecule has 1 aromatic carbocycles. The van der Waals surface area contributed by atoms with Crippen LogP contribution in [0.15, 0.2) is 45.5 Å². The van der Waals surface area contributed by atoms with Crippen LogP contribution in [-0.4, -0.2) is 12.6 Å². The number of nitrogens with one attached hydrogen (secondary N) is 1. The maximum absolute atomic E-state index is 5.78. The predicted molar refractivity (Wildman–Crippen MR) is 77.4 cm³/mol. The Hall–Kier alpha value is -1.26. The number of ether oxygens (including phenoxy) is 1. The molecule has 0 spiro atoms. The third-order valence-corrected chi connectivity index (χ3v) is 4.06. The summed E-state index contributed by atoms with van der Waals surface area (Å²) in [6, 6.07) is 10.6. The number of fused-ring (bicyclic) bond motifs is 1. The van der Waals surface area contributed by atoms with Crippen molar-refractivity contribution in [2.75, 3.05) is 6.61 Å². The Balaban J connectivity index is 1.68. The van der Waals surface area contributed by atoms with E-state index in [2.05, 4.69) is 40.3 Å². The zero-order chi connectivity index (χ0) is 13.2. The Morgan fingerprint density at radius 1 is 1.32 bits per heavy atom. The summed E-state index contributed by atoms with van der Waals surface area (Å²) in [5.41, 5.74) is 1.26. The average molecular weight is 322 g/mol. The van der Waals surface area contributed by atoms with Crippen LogP contribution in [0.1, 0.15) is 24.3 Å². The first-order chi connectivity index (χ1) is 9.24. The molecule has 3 nitrogen and oxygen atoms in total. The van der Waals surface area contributed by atoms with E-state index in [0.29, 0.717) is 12.6 Å². The van der Waals surface area contributed by atoms with Gasteiger partial charge in [-0.1, -0.05) is 18.2 Å². The third kappa shape index (κ3) is 2.69. The predicted octanol–water partition coefficient (Wildman–Crippen LogP) is 3.70. The van der Waals surface area contributed by atoms with Crippen molar-refractivity contribution in [1.82, 2.24) is 5.32 Å². The van der Waals surface area contributed by atoms with E-state index >= 15 is 0 Å². The largest absolute Gasteiger partial charge is 0.492 e. The van der Waals surface area contributed by atoms with Gasteiger partial charge < -0.3 is 14.5 Å². The van der Waals surface area contributed by atoms with Crippen molar-refractivity contribution in [1.29, 1.82) is 0 Å². The molecule has 0 aliphatic carbocycles. The summed E-state index contributed by atoms with van der Waals surface area (Å²) in [5, 5.41) is 3.55. The van der Waals surface area contributed by atoms with Crippen molar-refractivity contribution < 1.29 is 9.15 Å². The first-order valence-electron chi connectivity index (χ1n) is 6.43. The second-order valence-electron chi connectivity index (χ2n) is 4.84. The molecule has 4 heteroatoms. The van der Waals surface area contributed by atoms with Crippen molar-refractivity contribution in [2.45, 2.75) is 25.4 Å². The number of hydrogen-bond acceptors (Lipinski definition) is 3. The van der Waals surface area contributed by atoms with Gasteiger partial charge >= 0.3 is 0 Å². The lowest BCUT2D eigenvalue weighted by molar-refractivity contribution is 0.224. The van der Waals surface area contributed by atoms with Gasteiger partial charge in [0, 0.05) is 6.04 Å². The third-order valence-electron chi connectivity index (χ3n) is 3.40. The summed E-state index contributed by atoms with van der Waals surface area (Å²) in [5.74, 6) is 1.94. The zero-order valence-electron chi connectivity index (χ0n) is 10.7. The first-order valence-corrected chi connectivity index (χ1v) is 7.23. The van der Waals surface area contributed by atoms with Gasteiger partial charge in [-0.15, -0.1) is 0 Å². The molecule has 1 aliphatic rings. The van der Waals surface area contributed by atoms with Gasteiger partial charge in [-0.25, -0.2) is 0 Å². The number of benzene rings is 1. The second-order valence-corrected chi connectivity index (χ2v) is 5.70. The summed E-state index contributed by atoms with van der Waals surface area (Å²) < 4.78 is 12.3. The molecule has 0 saturated heterocycles. The summed E-state index contributed by atoms with van der Waals surface area (Å²) in [6.07, 6.45) is 2.68. The molecule has 2 atom stereocenters. The fourth-order valence-corrected chi connectivity index (χ4v) is 3.02. The maximum atomic E-state index is 5.78. The molecule has 1 N–H and O–H groups in total. The number of para-hydroxylation sites is 1. The van der Waals surface area contributed by atoms with Crippen LogP contribution < -0.4 is 10.1 Å². The first kappa shape index (κ1) is 12.8. The quantitative estimate of drug-likeness (QED) is 0.936. The fourth-order valence-electron chi connectivity index (χ4n) is 2.48. The lowest BCUT2D eigenvalue weighted by Gasteiger charge is -2.28. The molecule has 2 aromatic rings. The number of furan rings is 1. The summed E-state index contributed by atoms with van der Waals surface area (Å²) in [6.45, 7) is 2.80. The summed E-state index contributed by atoms with van der Waals surface area (Å²) >= 11 is 3.49. The molecule has 0 bridgehead atoms. The van der Waals surface area contributed by atoms with Gasteiger partial charge in [-0.05, 0) is 47.0 Å². The van der Waals surface area contributed by atoms with Crippen molar-refractivity contribution in [3.05, 3.63) is 52.4 Å².